The third kappa shape index (κ3) is 3.33. The molecule has 1 heterocycles. The Labute approximate surface area is 119 Å². The highest BCUT2D eigenvalue weighted by molar-refractivity contribution is 9.10. The highest BCUT2D eigenvalue weighted by Crippen LogP contribution is 2.26. The van der Waals surface area contributed by atoms with Crippen LogP contribution in [0.4, 0.5) is 0 Å². The van der Waals surface area contributed by atoms with Gasteiger partial charge in [0.15, 0.2) is 0 Å². The van der Waals surface area contributed by atoms with E-state index in [1.807, 2.05) is 0 Å². The fourth-order valence-electron chi connectivity index (χ4n) is 2.07. The molecule has 0 aliphatic heterocycles. The lowest BCUT2D eigenvalue weighted by Crippen LogP contribution is -2.36. The molecule has 18 heavy (non-hydrogen) atoms. The number of rotatable bonds is 3. The van der Waals surface area contributed by atoms with E-state index in [4.69, 9.17) is 0 Å². The van der Waals surface area contributed by atoms with E-state index in [1.165, 1.54) is 6.07 Å². The number of amides is 1. The lowest BCUT2D eigenvalue weighted by molar-refractivity contribution is -0.124. The summed E-state index contributed by atoms with van der Waals surface area (Å²) in [6.45, 7) is 0. The van der Waals surface area contributed by atoms with Crippen molar-refractivity contribution in [1.82, 2.24) is 4.72 Å². The summed E-state index contributed by atoms with van der Waals surface area (Å²) in [7, 11) is -3.70. The molecule has 0 radical (unpaired) electrons. The molecule has 2 rings (SSSR count). The minimum atomic E-state index is -3.70. The molecule has 1 aliphatic carbocycles. The zero-order chi connectivity index (χ0) is 13.2. The SMILES string of the molecule is O=C(NS(=O)(=O)c1cc(Br)cs1)C1CCCCC1. The third-order valence-electron chi connectivity index (χ3n) is 3.02. The fraction of sp³-hybridized carbons (Fsp3) is 0.545. The zero-order valence-corrected chi connectivity index (χ0v) is 12.9. The molecule has 0 spiro atoms. The van der Waals surface area contributed by atoms with Crippen LogP contribution in [0.25, 0.3) is 0 Å². The molecular formula is C11H14BrNO3S2. The van der Waals surface area contributed by atoms with Gasteiger partial charge in [0.2, 0.25) is 5.91 Å². The fourth-order valence-corrected chi connectivity index (χ4v) is 4.96. The van der Waals surface area contributed by atoms with Gasteiger partial charge in [-0.3, -0.25) is 4.79 Å². The Morgan fingerprint density at radius 1 is 1.33 bits per heavy atom. The topological polar surface area (TPSA) is 63.2 Å². The van der Waals surface area contributed by atoms with E-state index in [9.17, 15) is 13.2 Å². The van der Waals surface area contributed by atoms with Gasteiger partial charge < -0.3 is 0 Å². The second kappa shape index (κ2) is 5.71. The first-order valence-corrected chi connectivity index (χ1v) is 8.95. The van der Waals surface area contributed by atoms with Crippen molar-refractivity contribution in [3.8, 4) is 0 Å². The van der Waals surface area contributed by atoms with Gasteiger partial charge >= 0.3 is 0 Å². The van der Waals surface area contributed by atoms with E-state index in [0.717, 1.165) is 43.4 Å². The molecular weight excluding hydrogens is 338 g/mol. The maximum absolute atomic E-state index is 12.0. The number of hydrogen-bond donors (Lipinski definition) is 1. The normalized spacial score (nSPS) is 17.6. The molecule has 7 heteroatoms. The van der Waals surface area contributed by atoms with Gasteiger partial charge in [0.1, 0.15) is 4.21 Å². The van der Waals surface area contributed by atoms with Gasteiger partial charge in [-0.05, 0) is 34.8 Å². The second-order valence-corrected chi connectivity index (χ2v) is 8.12. The summed E-state index contributed by atoms with van der Waals surface area (Å²) in [4.78, 5) is 11.9. The number of halogens is 1. The van der Waals surface area contributed by atoms with Crippen molar-refractivity contribution >= 4 is 43.2 Å². The predicted molar refractivity (Wildman–Crippen MR) is 73.9 cm³/mol. The van der Waals surface area contributed by atoms with Crippen LogP contribution >= 0.6 is 27.3 Å². The van der Waals surface area contributed by atoms with Crippen LogP contribution in [0.3, 0.4) is 0 Å². The molecule has 0 saturated heterocycles. The minimum Gasteiger partial charge on any atom is -0.274 e. The van der Waals surface area contributed by atoms with E-state index in [-0.39, 0.29) is 16.0 Å². The first-order valence-electron chi connectivity index (χ1n) is 5.80. The first kappa shape index (κ1) is 14.0. The van der Waals surface area contributed by atoms with Gasteiger partial charge in [-0.2, -0.15) is 0 Å². The number of thiophene rings is 1. The van der Waals surface area contributed by atoms with E-state index < -0.39 is 10.0 Å². The molecule has 0 aromatic carbocycles. The lowest BCUT2D eigenvalue weighted by Gasteiger charge is -2.20. The molecule has 4 nitrogen and oxygen atoms in total. The Morgan fingerprint density at radius 3 is 2.56 bits per heavy atom. The summed E-state index contributed by atoms with van der Waals surface area (Å²) in [5.41, 5.74) is 0. The van der Waals surface area contributed by atoms with E-state index in [2.05, 4.69) is 20.7 Å². The van der Waals surface area contributed by atoms with E-state index >= 15 is 0 Å². The summed E-state index contributed by atoms with van der Waals surface area (Å²) >= 11 is 4.30. The summed E-state index contributed by atoms with van der Waals surface area (Å²) in [6.07, 6.45) is 4.71. The standard InChI is InChI=1S/C11H14BrNO3S2/c12-9-6-10(17-7-9)18(15,16)13-11(14)8-4-2-1-3-5-8/h6-8H,1-5H2,(H,13,14). The van der Waals surface area contributed by atoms with Crippen molar-refractivity contribution in [2.45, 2.75) is 36.3 Å². The van der Waals surface area contributed by atoms with Gasteiger partial charge in [-0.1, -0.05) is 19.3 Å². The van der Waals surface area contributed by atoms with Gasteiger partial charge in [-0.15, -0.1) is 11.3 Å². The molecule has 1 aromatic rings. The molecule has 0 atom stereocenters. The van der Waals surface area contributed by atoms with Crippen LogP contribution in [-0.4, -0.2) is 14.3 Å². The smallest absolute Gasteiger partial charge is 0.273 e. The maximum atomic E-state index is 12.0. The summed E-state index contributed by atoms with van der Waals surface area (Å²) in [6, 6.07) is 1.50. The van der Waals surface area contributed by atoms with Crippen LogP contribution in [-0.2, 0) is 14.8 Å². The van der Waals surface area contributed by atoms with Crippen molar-refractivity contribution in [3.05, 3.63) is 15.9 Å². The third-order valence-corrected chi connectivity index (χ3v) is 6.57. The predicted octanol–water partition coefficient (Wildman–Crippen LogP) is 2.90. The molecule has 1 amide bonds. The Balaban J connectivity index is 2.06. The summed E-state index contributed by atoms with van der Waals surface area (Å²) < 4.78 is 27.0. The highest BCUT2D eigenvalue weighted by atomic mass is 79.9. The van der Waals surface area contributed by atoms with Crippen molar-refractivity contribution < 1.29 is 13.2 Å². The number of hydrogen-bond acceptors (Lipinski definition) is 4. The van der Waals surface area contributed by atoms with Gasteiger partial charge in [0, 0.05) is 15.8 Å². The van der Waals surface area contributed by atoms with Gasteiger partial charge in [0.25, 0.3) is 10.0 Å². The number of nitrogens with one attached hydrogen (secondary N) is 1. The number of carbonyl (C=O) groups is 1. The Bertz CT molecular complexity index is 532. The van der Waals surface area contributed by atoms with E-state index in [0.29, 0.717) is 4.47 Å². The quantitative estimate of drug-likeness (QED) is 0.910. The Hall–Kier alpha value is -0.400. The lowest BCUT2D eigenvalue weighted by atomic mass is 9.89. The monoisotopic (exact) mass is 351 g/mol. The van der Waals surface area contributed by atoms with Crippen molar-refractivity contribution in [3.63, 3.8) is 0 Å². The van der Waals surface area contributed by atoms with Crippen LogP contribution in [0, 0.1) is 5.92 Å². The molecule has 1 saturated carbocycles. The van der Waals surface area contributed by atoms with Gasteiger partial charge in [0.05, 0.1) is 0 Å². The second-order valence-electron chi connectivity index (χ2n) is 4.39. The van der Waals surface area contributed by atoms with Crippen LogP contribution in [0.2, 0.25) is 0 Å². The Morgan fingerprint density at radius 2 is 2.00 bits per heavy atom. The zero-order valence-electron chi connectivity index (χ0n) is 9.69. The van der Waals surface area contributed by atoms with Crippen molar-refractivity contribution in [2.24, 2.45) is 5.92 Å². The van der Waals surface area contributed by atoms with Gasteiger partial charge in [-0.25, -0.2) is 13.1 Å². The van der Waals surface area contributed by atoms with Crippen LogP contribution in [0.1, 0.15) is 32.1 Å². The molecule has 100 valence electrons. The molecule has 0 unspecified atom stereocenters. The van der Waals surface area contributed by atoms with Crippen LogP contribution in [0.5, 0.6) is 0 Å². The average molecular weight is 352 g/mol. The summed E-state index contributed by atoms with van der Waals surface area (Å²) in [5.74, 6) is -0.517. The van der Waals surface area contributed by atoms with Crippen molar-refractivity contribution in [2.75, 3.05) is 0 Å². The largest absolute Gasteiger partial charge is 0.274 e. The maximum Gasteiger partial charge on any atom is 0.273 e. The average Bonchev–Trinajstić information content (AvgIpc) is 2.77. The molecule has 1 N–H and O–H groups in total. The number of sulfonamides is 1. The van der Waals surface area contributed by atoms with Crippen LogP contribution < -0.4 is 4.72 Å². The minimum absolute atomic E-state index is 0.156. The molecule has 1 fully saturated rings. The molecule has 0 bridgehead atoms. The van der Waals surface area contributed by atoms with E-state index in [1.54, 1.807) is 5.38 Å². The van der Waals surface area contributed by atoms with Crippen molar-refractivity contribution in [1.29, 1.82) is 0 Å². The van der Waals surface area contributed by atoms with Crippen LogP contribution in [0.15, 0.2) is 20.1 Å². The Kier molecular flexibility index (Phi) is 4.45. The number of carbonyl (C=O) groups excluding carboxylic acids is 1. The first-order chi connectivity index (χ1) is 8.49. The molecule has 1 aliphatic rings. The highest BCUT2D eigenvalue weighted by Gasteiger charge is 2.26. The molecule has 1 aromatic heterocycles. The summed E-state index contributed by atoms with van der Waals surface area (Å²) in [5, 5.41) is 1.68.